The van der Waals surface area contributed by atoms with Crippen molar-refractivity contribution < 1.29 is 4.79 Å². The van der Waals surface area contributed by atoms with Gasteiger partial charge in [0.15, 0.2) is 0 Å². The molecule has 1 rings (SSSR count). The highest BCUT2D eigenvalue weighted by molar-refractivity contribution is 9.10. The fourth-order valence-electron chi connectivity index (χ4n) is 1.84. The van der Waals surface area contributed by atoms with Gasteiger partial charge in [-0.15, -0.1) is 0 Å². The number of nitrogens with zero attached hydrogens (tertiary/aromatic N) is 3. The summed E-state index contributed by atoms with van der Waals surface area (Å²) in [6.45, 7) is 8.95. The Balaban J connectivity index is 2.52. The molecule has 0 radical (unpaired) electrons. The Morgan fingerprint density at radius 1 is 1.24 bits per heavy atom. The highest BCUT2D eigenvalue weighted by Crippen LogP contribution is 2.20. The van der Waals surface area contributed by atoms with Crippen LogP contribution >= 0.6 is 15.9 Å². The van der Waals surface area contributed by atoms with Crippen molar-refractivity contribution in [3.8, 4) is 0 Å². The van der Waals surface area contributed by atoms with Crippen LogP contribution in [0.15, 0.2) is 10.7 Å². The third-order valence-electron chi connectivity index (χ3n) is 3.02. The summed E-state index contributed by atoms with van der Waals surface area (Å²) in [4.78, 5) is 22.3. The third-order valence-corrected chi connectivity index (χ3v) is 3.60. The maximum absolute atomic E-state index is 11.9. The van der Waals surface area contributed by atoms with Crippen molar-refractivity contribution >= 4 is 33.6 Å². The first-order chi connectivity index (χ1) is 10.1. The van der Waals surface area contributed by atoms with Gasteiger partial charge in [-0.1, -0.05) is 6.92 Å². The molecule has 118 valence electrons. The Hall–Kier alpha value is -1.37. The monoisotopic (exact) mass is 357 g/mol. The van der Waals surface area contributed by atoms with Crippen LogP contribution in [0.2, 0.25) is 0 Å². The van der Waals surface area contributed by atoms with Gasteiger partial charge in [0, 0.05) is 38.8 Å². The molecule has 21 heavy (non-hydrogen) atoms. The zero-order chi connectivity index (χ0) is 15.7. The first-order valence-electron chi connectivity index (χ1n) is 7.40. The molecule has 6 nitrogen and oxygen atoms in total. The molecule has 1 heterocycles. The standard InChI is InChI=1S/C14H24BrN5O/c1-4-8-17-14-18-10-11(15)13(19-14)16-9-7-12(21)20(5-2)6-3/h10H,4-9H2,1-3H3,(H2,16,17,18,19). The second kappa shape index (κ2) is 9.55. The fourth-order valence-corrected chi connectivity index (χ4v) is 2.17. The smallest absolute Gasteiger partial charge is 0.224 e. The van der Waals surface area contributed by atoms with Crippen molar-refractivity contribution in [1.82, 2.24) is 14.9 Å². The molecule has 0 saturated carbocycles. The van der Waals surface area contributed by atoms with E-state index in [1.54, 1.807) is 6.20 Å². The minimum Gasteiger partial charge on any atom is -0.368 e. The SMILES string of the molecule is CCCNc1ncc(Br)c(NCCC(=O)N(CC)CC)n1. The molecule has 0 aliphatic rings. The summed E-state index contributed by atoms with van der Waals surface area (Å²) in [5.74, 6) is 1.45. The summed E-state index contributed by atoms with van der Waals surface area (Å²) in [5.41, 5.74) is 0. The van der Waals surface area contributed by atoms with E-state index in [1.807, 2.05) is 18.7 Å². The highest BCUT2D eigenvalue weighted by atomic mass is 79.9. The Bertz CT molecular complexity index is 451. The maximum Gasteiger partial charge on any atom is 0.224 e. The van der Waals surface area contributed by atoms with E-state index < -0.39 is 0 Å². The summed E-state index contributed by atoms with van der Waals surface area (Å²) in [5, 5.41) is 6.32. The second-order valence-electron chi connectivity index (χ2n) is 4.56. The van der Waals surface area contributed by atoms with Gasteiger partial charge in [-0.2, -0.15) is 4.98 Å². The van der Waals surface area contributed by atoms with E-state index >= 15 is 0 Å². The lowest BCUT2D eigenvalue weighted by Gasteiger charge is -2.18. The van der Waals surface area contributed by atoms with Crippen LogP contribution in [0.4, 0.5) is 11.8 Å². The number of aromatic nitrogens is 2. The Morgan fingerprint density at radius 2 is 1.95 bits per heavy atom. The first-order valence-corrected chi connectivity index (χ1v) is 8.19. The van der Waals surface area contributed by atoms with E-state index in [1.165, 1.54) is 0 Å². The van der Waals surface area contributed by atoms with E-state index in [2.05, 4.69) is 43.5 Å². The number of hydrogen-bond donors (Lipinski definition) is 2. The third kappa shape index (κ3) is 5.87. The molecule has 1 aromatic heterocycles. The number of amides is 1. The van der Waals surface area contributed by atoms with Crippen LogP contribution in [-0.4, -0.2) is 47.0 Å². The number of hydrogen-bond acceptors (Lipinski definition) is 5. The molecular formula is C14H24BrN5O. The zero-order valence-corrected chi connectivity index (χ0v) is 14.5. The minimum atomic E-state index is 0.155. The lowest BCUT2D eigenvalue weighted by Crippen LogP contribution is -2.31. The van der Waals surface area contributed by atoms with Crippen LogP contribution in [0.25, 0.3) is 0 Å². The fraction of sp³-hybridized carbons (Fsp3) is 0.643. The molecule has 0 aliphatic heterocycles. The number of rotatable bonds is 9. The Morgan fingerprint density at radius 3 is 2.57 bits per heavy atom. The largest absolute Gasteiger partial charge is 0.368 e. The Kier molecular flexibility index (Phi) is 8.04. The summed E-state index contributed by atoms with van der Waals surface area (Å²) in [6.07, 6.45) is 3.18. The molecule has 0 saturated heterocycles. The first kappa shape index (κ1) is 17.7. The lowest BCUT2D eigenvalue weighted by molar-refractivity contribution is -0.130. The number of carbonyl (C=O) groups is 1. The quantitative estimate of drug-likeness (QED) is 0.710. The average Bonchev–Trinajstić information content (AvgIpc) is 2.49. The van der Waals surface area contributed by atoms with Gasteiger partial charge >= 0.3 is 0 Å². The highest BCUT2D eigenvalue weighted by Gasteiger charge is 2.10. The number of carbonyl (C=O) groups excluding carboxylic acids is 1. The van der Waals surface area contributed by atoms with Crippen molar-refractivity contribution in [2.75, 3.05) is 36.8 Å². The molecule has 1 amide bonds. The lowest BCUT2D eigenvalue weighted by atomic mass is 10.3. The van der Waals surface area contributed by atoms with Crippen LogP contribution in [0, 0.1) is 0 Å². The van der Waals surface area contributed by atoms with Gasteiger partial charge in [-0.05, 0) is 36.2 Å². The molecule has 7 heteroatoms. The van der Waals surface area contributed by atoms with Crippen LogP contribution in [0.3, 0.4) is 0 Å². The molecule has 0 unspecified atom stereocenters. The number of nitrogens with one attached hydrogen (secondary N) is 2. The summed E-state index contributed by atoms with van der Waals surface area (Å²) in [7, 11) is 0. The summed E-state index contributed by atoms with van der Waals surface area (Å²) >= 11 is 3.41. The maximum atomic E-state index is 11.9. The number of anilines is 2. The summed E-state index contributed by atoms with van der Waals surface area (Å²) < 4.78 is 0.792. The van der Waals surface area contributed by atoms with Crippen LogP contribution < -0.4 is 10.6 Å². The second-order valence-corrected chi connectivity index (χ2v) is 5.41. The van der Waals surface area contributed by atoms with Crippen molar-refractivity contribution in [3.63, 3.8) is 0 Å². The molecule has 0 atom stereocenters. The molecule has 0 bridgehead atoms. The molecule has 0 aromatic carbocycles. The van der Waals surface area contributed by atoms with Crippen molar-refractivity contribution in [1.29, 1.82) is 0 Å². The van der Waals surface area contributed by atoms with Gasteiger partial charge in [-0.25, -0.2) is 4.98 Å². The number of halogens is 1. The topological polar surface area (TPSA) is 70.2 Å². The van der Waals surface area contributed by atoms with Gasteiger partial charge in [-0.3, -0.25) is 4.79 Å². The van der Waals surface area contributed by atoms with E-state index in [0.29, 0.717) is 24.7 Å². The molecular weight excluding hydrogens is 334 g/mol. The van der Waals surface area contributed by atoms with Crippen LogP contribution in [-0.2, 0) is 4.79 Å². The van der Waals surface area contributed by atoms with E-state index in [-0.39, 0.29) is 5.91 Å². The van der Waals surface area contributed by atoms with Crippen molar-refractivity contribution in [3.05, 3.63) is 10.7 Å². The predicted molar refractivity (Wildman–Crippen MR) is 89.5 cm³/mol. The molecule has 0 spiro atoms. The molecule has 0 aliphatic carbocycles. The predicted octanol–water partition coefficient (Wildman–Crippen LogP) is 2.73. The Labute approximate surface area is 134 Å². The van der Waals surface area contributed by atoms with Gasteiger partial charge in [0.25, 0.3) is 0 Å². The minimum absolute atomic E-state index is 0.155. The van der Waals surface area contributed by atoms with Crippen molar-refractivity contribution in [2.24, 2.45) is 0 Å². The normalized spacial score (nSPS) is 10.3. The van der Waals surface area contributed by atoms with Crippen molar-refractivity contribution in [2.45, 2.75) is 33.6 Å². The zero-order valence-electron chi connectivity index (χ0n) is 12.9. The van der Waals surface area contributed by atoms with E-state index in [4.69, 9.17) is 0 Å². The van der Waals surface area contributed by atoms with Gasteiger partial charge < -0.3 is 15.5 Å². The average molecular weight is 358 g/mol. The van der Waals surface area contributed by atoms with Gasteiger partial charge in [0.2, 0.25) is 11.9 Å². The van der Waals surface area contributed by atoms with Gasteiger partial charge in [0.05, 0.1) is 4.47 Å². The van der Waals surface area contributed by atoms with Crippen LogP contribution in [0.1, 0.15) is 33.6 Å². The van der Waals surface area contributed by atoms with E-state index in [9.17, 15) is 4.79 Å². The molecule has 0 fully saturated rings. The van der Waals surface area contributed by atoms with Gasteiger partial charge in [0.1, 0.15) is 5.82 Å². The van der Waals surface area contributed by atoms with E-state index in [0.717, 1.165) is 30.5 Å². The molecule has 1 aromatic rings. The summed E-state index contributed by atoms with van der Waals surface area (Å²) in [6, 6.07) is 0. The van der Waals surface area contributed by atoms with Crippen LogP contribution in [0.5, 0.6) is 0 Å². The molecule has 2 N–H and O–H groups in total.